The maximum atomic E-state index is 15.6. The maximum absolute atomic E-state index is 15.6. The van der Waals surface area contributed by atoms with Gasteiger partial charge in [-0.25, -0.2) is 4.39 Å². The molecule has 0 radical (unpaired) electrons. The Morgan fingerprint density at radius 3 is 2.53 bits per heavy atom. The minimum Gasteiger partial charge on any atom is -0.378 e. The first kappa shape index (κ1) is 24.2. The van der Waals surface area contributed by atoms with Gasteiger partial charge in [0, 0.05) is 6.61 Å². The van der Waals surface area contributed by atoms with Gasteiger partial charge in [0.15, 0.2) is 0 Å². The molecule has 1 nitrogen and oxygen atoms in total. The smallest absolute Gasteiger partial charge is 0.130 e. The van der Waals surface area contributed by atoms with Gasteiger partial charge in [-0.1, -0.05) is 64.5 Å². The summed E-state index contributed by atoms with van der Waals surface area (Å²) in [5, 5.41) is 0. The van der Waals surface area contributed by atoms with Gasteiger partial charge in [0.05, 0.1) is 6.10 Å². The predicted molar refractivity (Wildman–Crippen MR) is 133 cm³/mol. The van der Waals surface area contributed by atoms with Crippen LogP contribution < -0.4 is 0 Å². The molecule has 3 aliphatic rings. The number of unbranched alkanes of at least 4 members (excludes halogenated alkanes) is 4. The van der Waals surface area contributed by atoms with Crippen molar-refractivity contribution >= 4 is 0 Å². The van der Waals surface area contributed by atoms with Gasteiger partial charge in [0.1, 0.15) is 5.82 Å². The zero-order chi connectivity index (χ0) is 22.3. The van der Waals surface area contributed by atoms with Crippen LogP contribution in [0.2, 0.25) is 0 Å². The van der Waals surface area contributed by atoms with Gasteiger partial charge in [-0.15, -0.1) is 0 Å². The molecule has 0 bridgehead atoms. The van der Waals surface area contributed by atoms with Crippen molar-refractivity contribution < 1.29 is 9.13 Å². The molecule has 1 aromatic carbocycles. The summed E-state index contributed by atoms with van der Waals surface area (Å²) in [6.45, 7) is 5.48. The van der Waals surface area contributed by atoms with Crippen LogP contribution in [-0.4, -0.2) is 12.7 Å². The van der Waals surface area contributed by atoms with Gasteiger partial charge in [0.25, 0.3) is 0 Å². The predicted octanol–water partition coefficient (Wildman–Crippen LogP) is 8.77. The van der Waals surface area contributed by atoms with E-state index in [4.69, 9.17) is 4.74 Å². The number of halogens is 1. The Labute approximate surface area is 196 Å². The Balaban J connectivity index is 1.30. The molecule has 0 spiro atoms. The molecule has 180 valence electrons. The summed E-state index contributed by atoms with van der Waals surface area (Å²) < 4.78 is 21.9. The van der Waals surface area contributed by atoms with Crippen molar-refractivity contribution in [2.45, 2.75) is 129 Å². The summed E-state index contributed by atoms with van der Waals surface area (Å²) in [4.78, 5) is 0. The van der Waals surface area contributed by atoms with E-state index in [-0.39, 0.29) is 5.82 Å². The molecular formula is C30H47FO. The minimum absolute atomic E-state index is 0.170. The minimum atomic E-state index is 0.170. The average Bonchev–Trinajstić information content (AvgIpc) is 2.82. The molecule has 0 aliphatic heterocycles. The van der Waals surface area contributed by atoms with Crippen molar-refractivity contribution in [1.29, 1.82) is 0 Å². The molecule has 2 fully saturated rings. The van der Waals surface area contributed by atoms with E-state index in [1.54, 1.807) is 0 Å². The van der Waals surface area contributed by atoms with Gasteiger partial charge in [-0.2, -0.15) is 0 Å². The second-order valence-corrected chi connectivity index (χ2v) is 11.3. The lowest BCUT2D eigenvalue weighted by atomic mass is 9.65. The summed E-state index contributed by atoms with van der Waals surface area (Å²) in [6.07, 6.45) is 20.1. The highest BCUT2D eigenvalue weighted by Gasteiger charge is 2.37. The third kappa shape index (κ3) is 5.96. The second kappa shape index (κ2) is 12.0. The van der Waals surface area contributed by atoms with Crippen molar-refractivity contribution in [3.05, 3.63) is 34.6 Å². The monoisotopic (exact) mass is 442 g/mol. The quantitative estimate of drug-likeness (QED) is 0.329. The lowest BCUT2D eigenvalue weighted by molar-refractivity contribution is -0.0164. The Bertz CT molecular complexity index is 713. The molecular weight excluding hydrogens is 395 g/mol. The number of rotatable bonds is 10. The zero-order valence-electron chi connectivity index (χ0n) is 20.8. The summed E-state index contributed by atoms with van der Waals surface area (Å²) in [5.74, 6) is 2.96. The van der Waals surface area contributed by atoms with E-state index < -0.39 is 0 Å². The molecule has 4 rings (SSSR count). The molecule has 2 heteroatoms. The van der Waals surface area contributed by atoms with E-state index in [2.05, 4.69) is 26.0 Å². The molecule has 0 aromatic heterocycles. The van der Waals surface area contributed by atoms with Crippen LogP contribution in [0, 0.1) is 23.6 Å². The van der Waals surface area contributed by atoms with Gasteiger partial charge < -0.3 is 4.74 Å². The van der Waals surface area contributed by atoms with E-state index in [0.717, 1.165) is 48.3 Å². The molecule has 0 saturated heterocycles. The Morgan fingerprint density at radius 1 is 0.875 bits per heavy atom. The summed E-state index contributed by atoms with van der Waals surface area (Å²) in [7, 11) is 0. The van der Waals surface area contributed by atoms with Crippen LogP contribution >= 0.6 is 0 Å². The Hall–Kier alpha value is -0.890. The third-order valence-electron chi connectivity index (χ3n) is 9.00. The first-order valence-electron chi connectivity index (χ1n) is 14.1. The number of hydrogen-bond acceptors (Lipinski definition) is 1. The van der Waals surface area contributed by atoms with Crippen LogP contribution in [0.3, 0.4) is 0 Å². The van der Waals surface area contributed by atoms with Crippen molar-refractivity contribution in [1.82, 2.24) is 0 Å². The van der Waals surface area contributed by atoms with Crippen LogP contribution in [0.25, 0.3) is 0 Å². The van der Waals surface area contributed by atoms with Crippen LogP contribution in [-0.2, 0) is 17.6 Å². The van der Waals surface area contributed by atoms with Gasteiger partial charge in [-0.3, -0.25) is 0 Å². The van der Waals surface area contributed by atoms with Crippen molar-refractivity contribution in [3.63, 3.8) is 0 Å². The second-order valence-electron chi connectivity index (χ2n) is 11.3. The summed E-state index contributed by atoms with van der Waals surface area (Å²) in [6, 6.07) is 4.47. The SMILES string of the molecule is CCCCCCOC1CCC2CC(c3ccc4c(c3F)CCC(CCCC)C4)CCC2C1. The fraction of sp³-hybridized carbons (Fsp3) is 0.800. The lowest BCUT2D eigenvalue weighted by Gasteiger charge is -2.42. The number of ether oxygens (including phenoxy) is 1. The first-order valence-corrected chi connectivity index (χ1v) is 14.1. The van der Waals surface area contributed by atoms with Crippen molar-refractivity contribution in [2.24, 2.45) is 17.8 Å². The van der Waals surface area contributed by atoms with E-state index in [1.807, 2.05) is 0 Å². The maximum Gasteiger partial charge on any atom is 0.130 e. The summed E-state index contributed by atoms with van der Waals surface area (Å²) >= 11 is 0. The fourth-order valence-electron chi connectivity index (χ4n) is 7.02. The van der Waals surface area contributed by atoms with Gasteiger partial charge >= 0.3 is 0 Å². The standard InChI is InChI=1S/C30H47FO/c1-3-5-7-8-18-32-27-15-13-23-20-26(12-11-24(23)21-27)29-17-14-25-19-22(9-6-4-2)10-16-28(25)30(29)31/h14,17,22-24,26-27H,3-13,15-16,18-21H2,1-2H3. The Morgan fingerprint density at radius 2 is 1.69 bits per heavy atom. The van der Waals surface area contributed by atoms with E-state index in [0.29, 0.717) is 12.0 Å². The van der Waals surface area contributed by atoms with Crippen molar-refractivity contribution in [2.75, 3.05) is 6.61 Å². The lowest BCUT2D eigenvalue weighted by Crippen LogP contribution is -2.34. The number of benzene rings is 1. The van der Waals surface area contributed by atoms with Crippen molar-refractivity contribution in [3.8, 4) is 0 Å². The normalized spacial score (nSPS) is 30.0. The molecule has 0 N–H and O–H groups in total. The molecule has 0 amide bonds. The van der Waals surface area contributed by atoms with E-state index >= 15 is 4.39 Å². The average molecular weight is 443 g/mol. The number of hydrogen-bond donors (Lipinski definition) is 0. The third-order valence-corrected chi connectivity index (χ3v) is 9.00. The van der Waals surface area contributed by atoms with E-state index in [1.165, 1.54) is 95.5 Å². The van der Waals surface area contributed by atoms with Crippen LogP contribution in [0.5, 0.6) is 0 Å². The molecule has 5 unspecified atom stereocenters. The van der Waals surface area contributed by atoms with Crippen LogP contribution in [0.15, 0.2) is 12.1 Å². The van der Waals surface area contributed by atoms with E-state index in [9.17, 15) is 0 Å². The van der Waals surface area contributed by atoms with Gasteiger partial charge in [0.2, 0.25) is 0 Å². The zero-order valence-corrected chi connectivity index (χ0v) is 20.8. The van der Waals surface area contributed by atoms with Crippen LogP contribution in [0.1, 0.15) is 126 Å². The highest BCUT2D eigenvalue weighted by molar-refractivity contribution is 5.38. The van der Waals surface area contributed by atoms with Crippen LogP contribution in [0.4, 0.5) is 4.39 Å². The molecule has 3 aliphatic carbocycles. The first-order chi connectivity index (χ1) is 15.7. The van der Waals surface area contributed by atoms with Gasteiger partial charge in [-0.05, 0) is 105 Å². The highest BCUT2D eigenvalue weighted by Crippen LogP contribution is 2.47. The molecule has 1 aromatic rings. The topological polar surface area (TPSA) is 9.23 Å². The largest absolute Gasteiger partial charge is 0.378 e. The fourth-order valence-corrected chi connectivity index (χ4v) is 7.02. The Kier molecular flexibility index (Phi) is 9.09. The summed E-state index contributed by atoms with van der Waals surface area (Å²) in [5.41, 5.74) is 3.42. The highest BCUT2D eigenvalue weighted by atomic mass is 19.1. The molecule has 2 saturated carbocycles. The molecule has 32 heavy (non-hydrogen) atoms. The molecule has 5 atom stereocenters. The number of fused-ring (bicyclic) bond motifs is 2. The molecule has 0 heterocycles.